The molecule has 0 radical (unpaired) electrons. The smallest absolute Gasteiger partial charge is 0.408 e. The molecule has 6 N–H and O–H groups in total. The number of hydrogen-bond acceptors (Lipinski definition) is 13. The van der Waals surface area contributed by atoms with E-state index in [1.807, 2.05) is 0 Å². The number of anilines is 2. The Balaban J connectivity index is 0.000000481. The third kappa shape index (κ3) is 22.5. The summed E-state index contributed by atoms with van der Waals surface area (Å²) in [4.78, 5) is 72.3. The van der Waals surface area contributed by atoms with Crippen LogP contribution in [-0.2, 0) is 41.4 Å². The van der Waals surface area contributed by atoms with Crippen LogP contribution in [-0.4, -0.2) is 95.2 Å². The Hall–Kier alpha value is -5.71. The van der Waals surface area contributed by atoms with Crippen LogP contribution in [0.15, 0.2) is 72.8 Å². The van der Waals surface area contributed by atoms with Crippen LogP contribution in [0.1, 0.15) is 156 Å². The minimum absolute atomic E-state index is 0.0819. The molecule has 0 aliphatic rings. The predicted molar refractivity (Wildman–Crippen MR) is 346 cm³/mol. The van der Waals surface area contributed by atoms with Crippen LogP contribution in [0.3, 0.4) is 0 Å². The average molecular weight is 1300 g/mol. The van der Waals surface area contributed by atoms with Crippen molar-refractivity contribution in [1.82, 2.24) is 10.6 Å². The predicted octanol–water partition coefficient (Wildman–Crippen LogP) is 16.5. The fourth-order valence-corrected chi connectivity index (χ4v) is 22.1. The molecule has 0 spiro atoms. The van der Waals surface area contributed by atoms with Gasteiger partial charge in [0.1, 0.15) is 34.8 Å². The summed E-state index contributed by atoms with van der Waals surface area (Å²) in [5.41, 5.74) is 9.34. The number of benzene rings is 4. The third-order valence-corrected chi connectivity index (χ3v) is 27.1. The molecule has 23 heteroatoms. The van der Waals surface area contributed by atoms with Crippen LogP contribution < -0.4 is 30.5 Å². The Kier molecular flexibility index (Phi) is 29.2. The second kappa shape index (κ2) is 32.9. The van der Waals surface area contributed by atoms with Crippen molar-refractivity contribution < 1.29 is 61.7 Å². The van der Waals surface area contributed by atoms with E-state index < -0.39 is 75.9 Å². The minimum Gasteiger partial charge on any atom is -0.543 e. The van der Waals surface area contributed by atoms with E-state index in [2.05, 4.69) is 99.0 Å². The Morgan fingerprint density at radius 2 is 0.800 bits per heavy atom. The quantitative estimate of drug-likeness (QED) is 0.0226. The van der Waals surface area contributed by atoms with Crippen LogP contribution in [0.4, 0.5) is 21.0 Å². The SMILES string of the molecule is CC(C)[Si](Oc1cc(Cl)c(C(=O)O)c(Cl)c1)(C(C)C)C(C)C.COC(=O)[C@H](Cc1ccc(N)cc1)NC(=O)OC(C)(C)C.COC(=O)[C@H](Cc1ccc(NC(=O)c2c(Cl)cc(O[Si](C(C)C)(C(C)C)C(C)C)cc2Cl)cc1)NC(=O)OC(C)(C)C. The highest BCUT2D eigenvalue weighted by molar-refractivity contribution is 6.78. The van der Waals surface area contributed by atoms with Crippen LogP contribution >= 0.6 is 46.4 Å². The summed E-state index contributed by atoms with van der Waals surface area (Å²) in [6, 6.07) is 18.6. The summed E-state index contributed by atoms with van der Waals surface area (Å²) in [6.07, 6.45) is -0.926. The molecule has 0 saturated heterocycles. The van der Waals surface area contributed by atoms with Crippen molar-refractivity contribution in [2.75, 3.05) is 25.3 Å². The molecule has 0 aromatic heterocycles. The second-order valence-corrected chi connectivity index (χ2v) is 36.8. The van der Waals surface area contributed by atoms with E-state index in [4.69, 9.17) is 85.0 Å². The number of nitrogens with one attached hydrogen (secondary N) is 3. The number of ether oxygens (including phenoxy) is 4. The number of alkyl carbamates (subject to hydrolysis) is 2. The molecule has 0 heterocycles. The largest absolute Gasteiger partial charge is 0.543 e. The van der Waals surface area contributed by atoms with Crippen molar-refractivity contribution in [1.29, 1.82) is 0 Å². The van der Waals surface area contributed by atoms with Crippen molar-refractivity contribution in [3.63, 3.8) is 0 Å². The van der Waals surface area contributed by atoms with Crippen molar-refractivity contribution >= 4 is 110 Å². The van der Waals surface area contributed by atoms with Crippen LogP contribution in [0.2, 0.25) is 53.3 Å². The zero-order chi connectivity index (χ0) is 65.3. The molecule has 2 atom stereocenters. The van der Waals surface area contributed by atoms with E-state index >= 15 is 0 Å². The number of nitrogen functional groups attached to an aromatic ring is 1. The van der Waals surface area contributed by atoms with Crippen LogP contribution in [0.25, 0.3) is 0 Å². The van der Waals surface area contributed by atoms with E-state index in [0.29, 0.717) is 62.5 Å². The highest BCUT2D eigenvalue weighted by Gasteiger charge is 2.48. The molecular formula is C62H90Cl4N4O13Si2. The van der Waals surface area contributed by atoms with Crippen LogP contribution in [0.5, 0.6) is 11.5 Å². The van der Waals surface area contributed by atoms with E-state index in [-0.39, 0.29) is 37.6 Å². The number of esters is 2. The standard InChI is InChI=1S/C31H44Cl2N2O6Si.C16H24Cl2O3Si.C15H22N2O4/c1-18(2)42(19(3)4,20(5)6)41-23-16-24(32)27(25(33)17-23)28(36)34-22-13-11-21(12-14-22)15-26(29(37)39-10)35-30(38)40-31(7,8)9;1-9(2)22(10(3)4,11(5)6)21-12-7-13(17)15(16(19)20)14(18)8-12;1-15(2,3)21-14(19)17-12(13(18)20-4)9-10-5-7-11(16)8-6-10/h11-14,16-20,26H,15H2,1-10H3,(H,34,36)(H,35,38);7-11H,1-6H3,(H,19,20);5-8,12H,9,16H2,1-4H3,(H,17,19)/t26-;;12-/m0.0/s1. The molecule has 0 unspecified atom stereocenters. The molecule has 0 aliphatic carbocycles. The fourth-order valence-electron chi connectivity index (χ4n) is 10.4. The van der Waals surface area contributed by atoms with Crippen molar-refractivity contribution in [2.45, 2.75) is 194 Å². The number of amides is 3. The minimum atomic E-state index is -2.24. The first-order valence-corrected chi connectivity index (χ1v) is 33.9. The van der Waals surface area contributed by atoms with Crippen molar-refractivity contribution in [3.05, 3.63) is 115 Å². The summed E-state index contributed by atoms with van der Waals surface area (Å²) in [5.74, 6) is -1.62. The number of carboxylic acid groups (broad SMARTS) is 1. The highest BCUT2D eigenvalue weighted by atomic mass is 35.5. The first-order chi connectivity index (χ1) is 39.1. The van der Waals surface area contributed by atoms with Gasteiger partial charge in [0.2, 0.25) is 0 Å². The maximum Gasteiger partial charge on any atom is 0.408 e. The molecule has 3 amide bonds. The van der Waals surface area contributed by atoms with Crippen molar-refractivity contribution in [2.24, 2.45) is 0 Å². The molecule has 0 fully saturated rings. The molecular weight excluding hydrogens is 1210 g/mol. The summed E-state index contributed by atoms with van der Waals surface area (Å²) in [6.45, 7) is 36.7. The van der Waals surface area contributed by atoms with Gasteiger partial charge in [-0.1, -0.05) is 154 Å². The van der Waals surface area contributed by atoms with Gasteiger partial charge < -0.3 is 54.6 Å². The second-order valence-electron chi connectivity index (χ2n) is 24.4. The Morgan fingerprint density at radius 3 is 1.07 bits per heavy atom. The summed E-state index contributed by atoms with van der Waals surface area (Å²) < 4.78 is 33.1. The number of methoxy groups -OCH3 is 2. The normalized spacial score (nSPS) is 12.5. The molecule has 4 rings (SSSR count). The number of rotatable bonds is 21. The summed E-state index contributed by atoms with van der Waals surface area (Å²) >= 11 is 25.3. The lowest BCUT2D eigenvalue weighted by atomic mass is 10.1. The van der Waals surface area contributed by atoms with Gasteiger partial charge in [-0.3, -0.25) is 4.79 Å². The number of nitrogens with two attached hydrogens (primary N) is 1. The molecule has 0 bridgehead atoms. The van der Waals surface area contributed by atoms with Gasteiger partial charge in [-0.05, 0) is 134 Å². The lowest BCUT2D eigenvalue weighted by Crippen LogP contribution is -2.50. The van der Waals surface area contributed by atoms with Crippen LogP contribution in [0, 0.1) is 0 Å². The Morgan fingerprint density at radius 1 is 0.506 bits per heavy atom. The summed E-state index contributed by atoms with van der Waals surface area (Å²) in [7, 11) is -1.85. The molecule has 472 valence electrons. The third-order valence-electron chi connectivity index (χ3n) is 13.9. The van der Waals surface area contributed by atoms with Gasteiger partial charge in [0, 0.05) is 24.2 Å². The molecule has 0 saturated carbocycles. The lowest BCUT2D eigenvalue weighted by Gasteiger charge is -2.42. The number of hydrogen-bond donors (Lipinski definition) is 5. The van der Waals surface area contributed by atoms with Gasteiger partial charge in [0.15, 0.2) is 0 Å². The first-order valence-electron chi connectivity index (χ1n) is 28.1. The van der Waals surface area contributed by atoms with E-state index in [1.54, 1.807) is 114 Å². The fraction of sp³-hybridized carbons (Fsp3) is 0.516. The molecule has 17 nitrogen and oxygen atoms in total. The van der Waals surface area contributed by atoms with Gasteiger partial charge in [-0.15, -0.1) is 0 Å². The molecule has 0 aliphatic heterocycles. The van der Waals surface area contributed by atoms with Gasteiger partial charge in [0.05, 0.1) is 45.4 Å². The van der Waals surface area contributed by atoms with Gasteiger partial charge >= 0.3 is 30.1 Å². The molecule has 4 aromatic carbocycles. The number of carbonyl (C=O) groups is 6. The Bertz CT molecular complexity index is 2800. The van der Waals surface area contributed by atoms with Crippen molar-refractivity contribution in [3.8, 4) is 11.5 Å². The average Bonchev–Trinajstić information content (AvgIpc) is 3.56. The van der Waals surface area contributed by atoms with E-state index in [0.717, 1.165) is 11.1 Å². The zero-order valence-electron chi connectivity index (χ0n) is 52.9. The molecule has 4 aromatic rings. The van der Waals surface area contributed by atoms with E-state index in [1.165, 1.54) is 14.2 Å². The maximum absolute atomic E-state index is 13.2. The first kappa shape index (κ1) is 75.4. The van der Waals surface area contributed by atoms with Gasteiger partial charge in [0.25, 0.3) is 22.5 Å². The van der Waals surface area contributed by atoms with E-state index in [9.17, 15) is 28.8 Å². The lowest BCUT2D eigenvalue weighted by molar-refractivity contribution is -0.143. The Labute approximate surface area is 525 Å². The number of halogens is 4. The van der Waals surface area contributed by atoms with Gasteiger partial charge in [-0.25, -0.2) is 24.0 Å². The maximum atomic E-state index is 13.2. The topological polar surface area (TPSA) is 240 Å². The summed E-state index contributed by atoms with van der Waals surface area (Å²) in [5, 5.41) is 17.6. The zero-order valence-corrected chi connectivity index (χ0v) is 57.9. The highest BCUT2D eigenvalue weighted by Crippen LogP contribution is 2.46. The molecule has 85 heavy (non-hydrogen) atoms. The monoisotopic (exact) mass is 1290 g/mol. The number of aromatic carboxylic acids is 1. The van der Waals surface area contributed by atoms with Gasteiger partial charge in [-0.2, -0.15) is 0 Å². The number of carboxylic acids is 1. The number of carbonyl (C=O) groups excluding carboxylic acids is 5.